The van der Waals surface area contributed by atoms with E-state index in [1.54, 1.807) is 0 Å². The maximum absolute atomic E-state index is 12.4. The van der Waals surface area contributed by atoms with Gasteiger partial charge in [0.15, 0.2) is 0 Å². The van der Waals surface area contributed by atoms with E-state index in [1.165, 1.54) is 18.2 Å². The van der Waals surface area contributed by atoms with E-state index in [-0.39, 0.29) is 34.0 Å². The first-order chi connectivity index (χ1) is 9.80. The van der Waals surface area contributed by atoms with E-state index in [0.29, 0.717) is 12.8 Å². The number of nitrogens with zero attached hydrogens (tertiary/aromatic N) is 1. The number of nitro groups is 1. The van der Waals surface area contributed by atoms with Crippen LogP contribution < -0.4 is 10.5 Å². The van der Waals surface area contributed by atoms with Gasteiger partial charge in [-0.1, -0.05) is 12.8 Å². The summed E-state index contributed by atoms with van der Waals surface area (Å²) in [5.74, 6) is 0. The maximum Gasteiger partial charge on any atom is 0.283 e. The Morgan fingerprint density at radius 3 is 2.41 bits per heavy atom. The van der Waals surface area contributed by atoms with Crippen molar-refractivity contribution in [2.45, 2.75) is 36.1 Å². The molecule has 1 aromatic carbocycles. The summed E-state index contributed by atoms with van der Waals surface area (Å²) >= 11 is 3.02. The second kappa shape index (κ2) is 7.22. The van der Waals surface area contributed by atoms with E-state index in [2.05, 4.69) is 20.7 Å². The van der Waals surface area contributed by atoms with Gasteiger partial charge < -0.3 is 5.73 Å². The summed E-state index contributed by atoms with van der Waals surface area (Å²) in [6.45, 7) is 0.236. The number of rotatable bonds is 5. The molecule has 0 radical (unpaired) electrons. The lowest BCUT2D eigenvalue weighted by Gasteiger charge is -2.28. The summed E-state index contributed by atoms with van der Waals surface area (Å²) in [5.41, 5.74) is 4.94. The Morgan fingerprint density at radius 2 is 1.95 bits per heavy atom. The van der Waals surface area contributed by atoms with Gasteiger partial charge in [-0.05, 0) is 40.9 Å². The molecule has 1 aromatic rings. The molecule has 7 nitrogen and oxygen atoms in total. The predicted octanol–water partition coefficient (Wildman–Crippen LogP) is 2.33. The molecule has 2 rings (SSSR count). The van der Waals surface area contributed by atoms with Gasteiger partial charge in [-0.3, -0.25) is 10.1 Å². The molecule has 1 saturated carbocycles. The number of benzene rings is 1. The monoisotopic (exact) mass is 413 g/mol. The third-order valence-corrected chi connectivity index (χ3v) is 5.94. The average molecular weight is 415 g/mol. The molecular formula is C12H17BrClN3O4S. The average Bonchev–Trinajstić information content (AvgIpc) is 2.86. The summed E-state index contributed by atoms with van der Waals surface area (Å²) in [5, 5.41) is 10.8. The van der Waals surface area contributed by atoms with Crippen LogP contribution in [-0.4, -0.2) is 25.4 Å². The number of nitro benzene ring substituents is 1. The molecular weight excluding hydrogens is 398 g/mol. The molecule has 22 heavy (non-hydrogen) atoms. The number of hydrogen-bond acceptors (Lipinski definition) is 5. The molecule has 0 heterocycles. The minimum absolute atomic E-state index is 0. The maximum atomic E-state index is 12.4. The van der Waals surface area contributed by atoms with Crippen molar-refractivity contribution in [3.8, 4) is 0 Å². The van der Waals surface area contributed by atoms with E-state index >= 15 is 0 Å². The van der Waals surface area contributed by atoms with E-state index in [9.17, 15) is 18.5 Å². The highest BCUT2D eigenvalue weighted by atomic mass is 79.9. The first-order valence-corrected chi connectivity index (χ1v) is 8.75. The molecule has 0 atom stereocenters. The molecule has 0 bridgehead atoms. The van der Waals surface area contributed by atoms with Crippen molar-refractivity contribution in [3.63, 3.8) is 0 Å². The first-order valence-electron chi connectivity index (χ1n) is 6.48. The lowest BCUT2D eigenvalue weighted by molar-refractivity contribution is -0.385. The van der Waals surface area contributed by atoms with Crippen molar-refractivity contribution < 1.29 is 13.3 Å². The van der Waals surface area contributed by atoms with Crippen molar-refractivity contribution in [1.82, 2.24) is 4.72 Å². The Balaban J connectivity index is 0.00000242. The number of hydrogen-bond donors (Lipinski definition) is 2. The van der Waals surface area contributed by atoms with Crippen molar-refractivity contribution in [2.75, 3.05) is 6.54 Å². The summed E-state index contributed by atoms with van der Waals surface area (Å²) in [7, 11) is -3.76. The van der Waals surface area contributed by atoms with Gasteiger partial charge in [0.25, 0.3) is 5.69 Å². The molecule has 3 N–H and O–H groups in total. The van der Waals surface area contributed by atoms with Gasteiger partial charge in [-0.2, -0.15) is 0 Å². The van der Waals surface area contributed by atoms with Crippen molar-refractivity contribution in [1.29, 1.82) is 0 Å². The van der Waals surface area contributed by atoms with Crippen LogP contribution in [-0.2, 0) is 10.0 Å². The van der Waals surface area contributed by atoms with Crippen LogP contribution in [0, 0.1) is 10.1 Å². The normalized spacial score (nSPS) is 17.0. The zero-order chi connectivity index (χ0) is 15.7. The van der Waals surface area contributed by atoms with Gasteiger partial charge >= 0.3 is 0 Å². The number of nitrogens with one attached hydrogen (secondary N) is 1. The van der Waals surface area contributed by atoms with Crippen molar-refractivity contribution in [3.05, 3.63) is 32.8 Å². The molecule has 0 amide bonds. The molecule has 1 aliphatic rings. The van der Waals surface area contributed by atoms with Crippen LogP contribution in [0.25, 0.3) is 0 Å². The molecule has 0 saturated heterocycles. The van der Waals surface area contributed by atoms with Crippen LogP contribution in [0.2, 0.25) is 0 Å². The van der Waals surface area contributed by atoms with Crippen LogP contribution in [0.15, 0.2) is 27.6 Å². The second-order valence-electron chi connectivity index (χ2n) is 5.17. The minimum Gasteiger partial charge on any atom is -0.329 e. The summed E-state index contributed by atoms with van der Waals surface area (Å²) in [6.07, 6.45) is 3.28. The molecule has 124 valence electrons. The quantitative estimate of drug-likeness (QED) is 0.566. The standard InChI is InChI=1S/C12H16BrN3O4S.ClH/c13-10-7-9(3-4-11(10)16(17)18)21(19,20)15-12(8-14)5-1-2-6-12;/h3-4,7,15H,1-2,5-6,8,14H2;1H. The predicted molar refractivity (Wildman–Crippen MR) is 88.6 cm³/mol. The number of sulfonamides is 1. The van der Waals surface area contributed by atoms with Gasteiger partial charge in [0.1, 0.15) is 0 Å². The van der Waals surface area contributed by atoms with Crippen molar-refractivity contribution >= 4 is 44.0 Å². The topological polar surface area (TPSA) is 115 Å². The smallest absolute Gasteiger partial charge is 0.283 e. The number of nitrogens with two attached hydrogens (primary N) is 1. The van der Waals surface area contributed by atoms with E-state index < -0.39 is 20.5 Å². The fraction of sp³-hybridized carbons (Fsp3) is 0.500. The first kappa shape index (κ1) is 19.3. The Bertz CT molecular complexity index is 662. The molecule has 1 aliphatic carbocycles. The van der Waals surface area contributed by atoms with E-state index in [4.69, 9.17) is 5.73 Å². The largest absolute Gasteiger partial charge is 0.329 e. The molecule has 10 heteroatoms. The van der Waals surface area contributed by atoms with Crippen LogP contribution in [0.4, 0.5) is 5.69 Å². The second-order valence-corrected chi connectivity index (χ2v) is 7.70. The molecule has 1 fully saturated rings. The lowest BCUT2D eigenvalue weighted by atomic mass is 10.0. The summed E-state index contributed by atoms with van der Waals surface area (Å²) in [4.78, 5) is 10.2. The SMILES string of the molecule is Cl.NCC1(NS(=O)(=O)c2ccc([N+](=O)[O-])c(Br)c2)CCCC1. The Morgan fingerprint density at radius 1 is 1.36 bits per heavy atom. The highest BCUT2D eigenvalue weighted by Crippen LogP contribution is 2.32. The third kappa shape index (κ3) is 3.96. The van der Waals surface area contributed by atoms with Crippen LogP contribution in [0.3, 0.4) is 0 Å². The van der Waals surface area contributed by atoms with Gasteiger partial charge in [-0.15, -0.1) is 12.4 Å². The van der Waals surface area contributed by atoms with E-state index in [0.717, 1.165) is 12.8 Å². The molecule has 0 spiro atoms. The lowest BCUT2D eigenvalue weighted by Crippen LogP contribution is -2.51. The molecule has 0 aromatic heterocycles. The third-order valence-electron chi connectivity index (χ3n) is 3.73. The fourth-order valence-corrected chi connectivity index (χ4v) is 4.72. The number of halogens is 2. The minimum atomic E-state index is -3.76. The Labute approximate surface area is 143 Å². The van der Waals surface area contributed by atoms with Gasteiger partial charge in [0.05, 0.1) is 14.3 Å². The zero-order valence-corrected chi connectivity index (χ0v) is 14.8. The highest BCUT2D eigenvalue weighted by molar-refractivity contribution is 9.10. The van der Waals surface area contributed by atoms with Gasteiger partial charge in [0.2, 0.25) is 10.0 Å². The summed E-state index contributed by atoms with van der Waals surface area (Å²) < 4.78 is 27.7. The molecule has 0 aliphatic heterocycles. The van der Waals surface area contributed by atoms with Crippen LogP contribution in [0.5, 0.6) is 0 Å². The van der Waals surface area contributed by atoms with Crippen LogP contribution in [0.1, 0.15) is 25.7 Å². The van der Waals surface area contributed by atoms with Crippen molar-refractivity contribution in [2.24, 2.45) is 5.73 Å². The Hall–Kier alpha value is -0.740. The Kier molecular flexibility index (Phi) is 6.34. The van der Waals surface area contributed by atoms with Crippen LogP contribution >= 0.6 is 28.3 Å². The highest BCUT2D eigenvalue weighted by Gasteiger charge is 2.37. The fourth-order valence-electron chi connectivity index (χ4n) is 2.55. The van der Waals surface area contributed by atoms with E-state index in [1.807, 2.05) is 0 Å². The zero-order valence-electron chi connectivity index (χ0n) is 11.6. The van der Waals surface area contributed by atoms with Gasteiger partial charge in [0, 0.05) is 18.2 Å². The summed E-state index contributed by atoms with van der Waals surface area (Å²) in [6, 6.07) is 3.63. The molecule has 0 unspecified atom stereocenters. The van der Waals surface area contributed by atoms with Gasteiger partial charge in [-0.25, -0.2) is 13.1 Å².